The van der Waals surface area contributed by atoms with Crippen LogP contribution in [0.3, 0.4) is 0 Å². The molecule has 1 aliphatic carbocycles. The number of phenols is 1. The van der Waals surface area contributed by atoms with Gasteiger partial charge in [-0.1, -0.05) is 19.8 Å². The van der Waals surface area contributed by atoms with E-state index in [2.05, 4.69) is 0 Å². The largest absolute Gasteiger partial charge is 0.507 e. The molecule has 1 N–H and O–H groups in total. The van der Waals surface area contributed by atoms with Gasteiger partial charge in [0.05, 0.1) is 11.3 Å². The second kappa shape index (κ2) is 5.65. The van der Waals surface area contributed by atoms with Crippen LogP contribution in [-0.4, -0.2) is 17.0 Å². The fraction of sp³-hybridized carbons (Fsp3) is 0.474. The summed E-state index contributed by atoms with van der Waals surface area (Å²) in [5.41, 5.74) is 0.705. The van der Waals surface area contributed by atoms with Crippen molar-refractivity contribution in [2.45, 2.75) is 51.6 Å². The van der Waals surface area contributed by atoms with Crippen LogP contribution in [0.2, 0.25) is 0 Å². The molecule has 1 aromatic heterocycles. The number of hydrogen-bond acceptors (Lipinski definition) is 5. The number of rotatable bonds is 2. The number of carbonyl (C=O) groups excluding carboxylic acids is 1. The number of ether oxygens (including phenoxy) is 1. The van der Waals surface area contributed by atoms with Crippen molar-refractivity contribution < 1.29 is 19.1 Å². The van der Waals surface area contributed by atoms with Gasteiger partial charge in [-0.2, -0.15) is 0 Å². The molecule has 1 fully saturated rings. The maximum Gasteiger partial charge on any atom is 0.336 e. The molecule has 0 amide bonds. The Labute approximate surface area is 139 Å². The van der Waals surface area contributed by atoms with Gasteiger partial charge in [-0.15, -0.1) is 0 Å². The van der Waals surface area contributed by atoms with Gasteiger partial charge in [-0.3, -0.25) is 4.79 Å². The highest BCUT2D eigenvalue weighted by atomic mass is 16.5. The van der Waals surface area contributed by atoms with E-state index in [1.165, 1.54) is 12.1 Å². The first kappa shape index (κ1) is 15.2. The van der Waals surface area contributed by atoms with Crippen molar-refractivity contribution in [2.24, 2.45) is 5.92 Å². The van der Waals surface area contributed by atoms with Crippen LogP contribution in [0.5, 0.6) is 11.5 Å². The molecule has 2 heterocycles. The van der Waals surface area contributed by atoms with Crippen molar-refractivity contribution in [1.29, 1.82) is 0 Å². The molecule has 2 aromatic rings. The summed E-state index contributed by atoms with van der Waals surface area (Å²) in [5, 5.41) is 10.9. The van der Waals surface area contributed by atoms with Crippen LogP contribution in [0.4, 0.5) is 0 Å². The van der Waals surface area contributed by atoms with Gasteiger partial charge in [0.1, 0.15) is 23.2 Å². The van der Waals surface area contributed by atoms with Gasteiger partial charge in [0.15, 0.2) is 11.4 Å². The predicted octanol–water partition coefficient (Wildman–Crippen LogP) is 3.59. The van der Waals surface area contributed by atoms with E-state index in [-0.39, 0.29) is 29.1 Å². The Morgan fingerprint density at radius 2 is 2.00 bits per heavy atom. The van der Waals surface area contributed by atoms with Crippen LogP contribution in [0, 0.1) is 5.92 Å². The molecule has 1 saturated carbocycles. The van der Waals surface area contributed by atoms with Crippen molar-refractivity contribution >= 4 is 16.8 Å². The van der Waals surface area contributed by atoms with Gasteiger partial charge in [-0.25, -0.2) is 4.79 Å². The number of Topliss-reactive ketones (excluding diaryl/α,β-unsaturated/α-hetero) is 1. The van der Waals surface area contributed by atoms with E-state index in [9.17, 15) is 14.7 Å². The number of fused-ring (bicyclic) bond motifs is 4. The summed E-state index contributed by atoms with van der Waals surface area (Å²) in [7, 11) is 0. The number of aromatic hydroxyl groups is 1. The first-order chi connectivity index (χ1) is 11.6. The second-order valence-electron chi connectivity index (χ2n) is 6.73. The fourth-order valence-corrected chi connectivity index (χ4v) is 4.06. The van der Waals surface area contributed by atoms with Gasteiger partial charge < -0.3 is 14.3 Å². The molecular weight excluding hydrogens is 308 g/mol. The third kappa shape index (κ3) is 2.22. The summed E-state index contributed by atoms with van der Waals surface area (Å²) in [5.74, 6) is 0.129. The average Bonchev–Trinajstić information content (AvgIpc) is 2.54. The lowest BCUT2D eigenvalue weighted by Gasteiger charge is -2.35. The van der Waals surface area contributed by atoms with Crippen LogP contribution in [0.15, 0.2) is 21.3 Å². The SMILES string of the molecule is CCCc1cc(=O)oc2c3c(cc(O)c12)OC1CCCC[C@H]1C3=O. The lowest BCUT2D eigenvalue weighted by atomic mass is 9.79. The fourth-order valence-electron chi connectivity index (χ4n) is 4.06. The van der Waals surface area contributed by atoms with Crippen LogP contribution in [0.25, 0.3) is 11.0 Å². The predicted molar refractivity (Wildman–Crippen MR) is 88.8 cm³/mol. The molecule has 0 saturated heterocycles. The zero-order chi connectivity index (χ0) is 16.8. The summed E-state index contributed by atoms with van der Waals surface area (Å²) >= 11 is 0. The molecule has 0 bridgehead atoms. The van der Waals surface area contributed by atoms with E-state index in [1.807, 2.05) is 6.92 Å². The molecule has 2 aliphatic rings. The van der Waals surface area contributed by atoms with Crippen molar-refractivity contribution in [2.75, 3.05) is 0 Å². The number of carbonyl (C=O) groups is 1. The molecule has 2 atom stereocenters. The average molecular weight is 328 g/mol. The number of aryl methyl sites for hydroxylation is 1. The topological polar surface area (TPSA) is 76.7 Å². The first-order valence-electron chi connectivity index (χ1n) is 8.63. The summed E-state index contributed by atoms with van der Waals surface area (Å²) in [4.78, 5) is 25.0. The van der Waals surface area contributed by atoms with E-state index in [0.717, 1.165) is 32.1 Å². The third-order valence-corrected chi connectivity index (χ3v) is 5.12. The highest BCUT2D eigenvalue weighted by molar-refractivity contribution is 6.12. The standard InChI is InChI=1S/C19H20O5/c1-2-5-10-8-15(21)24-19-16(10)12(20)9-14-17(19)18(22)11-6-3-4-7-13(11)23-14/h8-9,11,13,20H,2-7H2,1H3/t11-,13?/m1/s1. The van der Waals surface area contributed by atoms with Crippen LogP contribution >= 0.6 is 0 Å². The summed E-state index contributed by atoms with van der Waals surface area (Å²) in [6, 6.07) is 2.90. The molecule has 5 nitrogen and oxygen atoms in total. The highest BCUT2D eigenvalue weighted by Gasteiger charge is 2.41. The Hall–Kier alpha value is -2.30. The zero-order valence-corrected chi connectivity index (χ0v) is 13.6. The Morgan fingerprint density at radius 3 is 2.79 bits per heavy atom. The summed E-state index contributed by atoms with van der Waals surface area (Å²) in [6.07, 6.45) is 5.01. The lowest BCUT2D eigenvalue weighted by Crippen LogP contribution is -2.40. The second-order valence-corrected chi connectivity index (χ2v) is 6.73. The van der Waals surface area contributed by atoms with Gasteiger partial charge in [0.2, 0.25) is 0 Å². The molecule has 4 rings (SSSR count). The minimum absolute atomic E-state index is 0.00184. The van der Waals surface area contributed by atoms with Gasteiger partial charge in [0.25, 0.3) is 0 Å². The van der Waals surface area contributed by atoms with E-state index in [0.29, 0.717) is 28.7 Å². The smallest absolute Gasteiger partial charge is 0.336 e. The van der Waals surface area contributed by atoms with E-state index in [1.54, 1.807) is 0 Å². The minimum Gasteiger partial charge on any atom is -0.507 e. The van der Waals surface area contributed by atoms with Crippen molar-refractivity contribution in [3.63, 3.8) is 0 Å². The van der Waals surface area contributed by atoms with Crippen LogP contribution in [-0.2, 0) is 6.42 Å². The van der Waals surface area contributed by atoms with E-state index >= 15 is 0 Å². The lowest BCUT2D eigenvalue weighted by molar-refractivity contribution is 0.0525. The minimum atomic E-state index is -0.502. The molecule has 1 aliphatic heterocycles. The summed E-state index contributed by atoms with van der Waals surface area (Å²) < 4.78 is 11.4. The Morgan fingerprint density at radius 1 is 1.21 bits per heavy atom. The molecule has 0 radical (unpaired) electrons. The molecule has 1 unspecified atom stereocenters. The van der Waals surface area contributed by atoms with Gasteiger partial charge in [0, 0.05) is 12.1 Å². The van der Waals surface area contributed by atoms with Crippen LogP contribution in [0.1, 0.15) is 54.9 Å². The van der Waals surface area contributed by atoms with Gasteiger partial charge in [-0.05, 0) is 31.2 Å². The Kier molecular flexibility index (Phi) is 3.59. The van der Waals surface area contributed by atoms with Crippen molar-refractivity contribution in [1.82, 2.24) is 0 Å². The molecule has 126 valence electrons. The quantitative estimate of drug-likeness (QED) is 0.853. The monoisotopic (exact) mass is 328 g/mol. The zero-order valence-electron chi connectivity index (χ0n) is 13.6. The van der Waals surface area contributed by atoms with Crippen LogP contribution < -0.4 is 10.4 Å². The number of ketones is 1. The van der Waals surface area contributed by atoms with E-state index < -0.39 is 5.63 Å². The molecule has 5 heteroatoms. The number of phenolic OH excluding ortho intramolecular Hbond substituents is 1. The molecule has 0 spiro atoms. The van der Waals surface area contributed by atoms with E-state index in [4.69, 9.17) is 9.15 Å². The van der Waals surface area contributed by atoms with Crippen molar-refractivity contribution in [3.05, 3.63) is 33.7 Å². The Balaban J connectivity index is 2.00. The van der Waals surface area contributed by atoms with Gasteiger partial charge >= 0.3 is 5.63 Å². The normalized spacial score (nSPS) is 22.8. The number of benzene rings is 1. The Bertz CT molecular complexity index is 879. The molecular formula is C19H20O5. The molecule has 1 aromatic carbocycles. The maximum atomic E-state index is 13.0. The van der Waals surface area contributed by atoms with Crippen molar-refractivity contribution in [3.8, 4) is 11.5 Å². The summed E-state index contributed by atoms with van der Waals surface area (Å²) in [6.45, 7) is 2.00. The first-order valence-corrected chi connectivity index (χ1v) is 8.63. The third-order valence-electron chi connectivity index (χ3n) is 5.12. The molecule has 24 heavy (non-hydrogen) atoms. The highest BCUT2D eigenvalue weighted by Crippen LogP contribution is 2.44. The maximum absolute atomic E-state index is 13.0. The number of hydrogen-bond donors (Lipinski definition) is 1.